The van der Waals surface area contributed by atoms with Gasteiger partial charge in [0.05, 0.1) is 7.11 Å². The third-order valence-corrected chi connectivity index (χ3v) is 3.43. The second-order valence-electron chi connectivity index (χ2n) is 3.88. The minimum Gasteiger partial charge on any atom is -0.481 e. The summed E-state index contributed by atoms with van der Waals surface area (Å²) in [5.41, 5.74) is 0. The van der Waals surface area contributed by atoms with Crippen molar-refractivity contribution in [2.75, 3.05) is 25.2 Å². The smallest absolute Gasteiger partial charge is 0.214 e. The summed E-state index contributed by atoms with van der Waals surface area (Å²) in [5.74, 6) is 1.50. The molecule has 0 unspecified atom stereocenters. The van der Waals surface area contributed by atoms with E-state index in [-0.39, 0.29) is 4.75 Å². The van der Waals surface area contributed by atoms with E-state index in [4.69, 9.17) is 4.74 Å². The number of anilines is 1. The van der Waals surface area contributed by atoms with Crippen molar-refractivity contribution in [1.29, 1.82) is 0 Å². The molecule has 0 fully saturated rings. The van der Waals surface area contributed by atoms with Crippen LogP contribution in [0, 0.1) is 0 Å². The standard InChI is InChI=1S/C11H18N2OS/c1-11(2,15-4)8-12-9-6-5-7-10(13-9)14-3/h5-7H,8H2,1-4H3,(H,12,13). The third kappa shape index (κ3) is 4.00. The van der Waals surface area contributed by atoms with Crippen molar-refractivity contribution in [3.05, 3.63) is 18.2 Å². The molecule has 0 saturated carbocycles. The van der Waals surface area contributed by atoms with Gasteiger partial charge in [-0.15, -0.1) is 0 Å². The monoisotopic (exact) mass is 226 g/mol. The fourth-order valence-electron chi connectivity index (χ4n) is 1.00. The average molecular weight is 226 g/mol. The highest BCUT2D eigenvalue weighted by Crippen LogP contribution is 2.21. The lowest BCUT2D eigenvalue weighted by atomic mass is 10.2. The molecule has 1 heterocycles. The van der Waals surface area contributed by atoms with Crippen LogP contribution >= 0.6 is 11.8 Å². The number of nitrogens with one attached hydrogen (secondary N) is 1. The van der Waals surface area contributed by atoms with Crippen LogP contribution in [0.2, 0.25) is 0 Å². The van der Waals surface area contributed by atoms with Crippen molar-refractivity contribution >= 4 is 17.6 Å². The van der Waals surface area contributed by atoms with Gasteiger partial charge in [0.25, 0.3) is 0 Å². The first-order chi connectivity index (χ1) is 7.07. The summed E-state index contributed by atoms with van der Waals surface area (Å²) in [6.45, 7) is 5.28. The summed E-state index contributed by atoms with van der Waals surface area (Å²) in [6.07, 6.45) is 2.11. The molecule has 0 atom stereocenters. The molecule has 0 amide bonds. The highest BCUT2D eigenvalue weighted by molar-refractivity contribution is 7.99. The molecule has 84 valence electrons. The van der Waals surface area contributed by atoms with Gasteiger partial charge in [0.15, 0.2) is 0 Å². The summed E-state index contributed by atoms with van der Waals surface area (Å²) in [5, 5.41) is 3.30. The lowest BCUT2D eigenvalue weighted by molar-refractivity contribution is 0.398. The summed E-state index contributed by atoms with van der Waals surface area (Å²) < 4.78 is 5.27. The summed E-state index contributed by atoms with van der Waals surface area (Å²) in [6, 6.07) is 5.71. The largest absolute Gasteiger partial charge is 0.481 e. The van der Waals surface area contributed by atoms with Crippen LogP contribution in [0.5, 0.6) is 5.88 Å². The zero-order valence-corrected chi connectivity index (χ0v) is 10.5. The Morgan fingerprint density at radius 3 is 2.80 bits per heavy atom. The fourth-order valence-corrected chi connectivity index (χ4v) is 1.22. The first-order valence-electron chi connectivity index (χ1n) is 4.87. The molecule has 0 aliphatic carbocycles. The quantitative estimate of drug-likeness (QED) is 0.837. The molecular formula is C11H18N2OS. The van der Waals surface area contributed by atoms with E-state index >= 15 is 0 Å². The predicted octanol–water partition coefficient (Wildman–Crippen LogP) is 2.64. The van der Waals surface area contributed by atoms with Gasteiger partial charge in [-0.1, -0.05) is 6.07 Å². The SMILES string of the molecule is COc1cccc(NCC(C)(C)SC)n1. The number of pyridine rings is 1. The zero-order chi connectivity index (χ0) is 11.3. The molecule has 1 aromatic heterocycles. The Morgan fingerprint density at radius 2 is 2.20 bits per heavy atom. The lowest BCUT2D eigenvalue weighted by Crippen LogP contribution is -2.26. The Labute approximate surface area is 95.6 Å². The molecule has 1 N–H and O–H groups in total. The van der Waals surface area contributed by atoms with E-state index < -0.39 is 0 Å². The molecule has 0 radical (unpaired) electrons. The van der Waals surface area contributed by atoms with Crippen LogP contribution in [0.4, 0.5) is 5.82 Å². The van der Waals surface area contributed by atoms with E-state index in [2.05, 4.69) is 30.4 Å². The number of thioether (sulfide) groups is 1. The first-order valence-corrected chi connectivity index (χ1v) is 6.10. The molecule has 0 aliphatic heterocycles. The van der Waals surface area contributed by atoms with Gasteiger partial charge >= 0.3 is 0 Å². The number of aromatic nitrogens is 1. The summed E-state index contributed by atoms with van der Waals surface area (Å²) in [7, 11) is 1.62. The van der Waals surface area contributed by atoms with E-state index in [1.165, 1.54) is 0 Å². The normalized spacial score (nSPS) is 11.2. The van der Waals surface area contributed by atoms with Crippen LogP contribution in [0.15, 0.2) is 18.2 Å². The van der Waals surface area contributed by atoms with E-state index in [0.717, 1.165) is 12.4 Å². The number of hydrogen-bond donors (Lipinski definition) is 1. The molecule has 0 spiro atoms. The maximum absolute atomic E-state index is 5.06. The molecular weight excluding hydrogens is 208 g/mol. The minimum atomic E-state index is 0.213. The molecule has 0 bridgehead atoms. The Morgan fingerprint density at radius 1 is 1.47 bits per heavy atom. The Bertz CT molecular complexity index is 315. The van der Waals surface area contributed by atoms with Crippen LogP contribution in [-0.2, 0) is 0 Å². The Balaban J connectivity index is 2.57. The van der Waals surface area contributed by atoms with Crippen molar-refractivity contribution in [3.8, 4) is 5.88 Å². The van der Waals surface area contributed by atoms with Gasteiger partial charge in [-0.05, 0) is 26.2 Å². The minimum absolute atomic E-state index is 0.213. The number of ether oxygens (including phenoxy) is 1. The summed E-state index contributed by atoms with van der Waals surface area (Å²) >= 11 is 1.83. The number of methoxy groups -OCH3 is 1. The van der Waals surface area contributed by atoms with Gasteiger partial charge in [-0.25, -0.2) is 0 Å². The fraction of sp³-hybridized carbons (Fsp3) is 0.545. The van der Waals surface area contributed by atoms with Crippen LogP contribution < -0.4 is 10.1 Å². The number of rotatable bonds is 5. The van der Waals surface area contributed by atoms with Crippen LogP contribution in [0.25, 0.3) is 0 Å². The lowest BCUT2D eigenvalue weighted by Gasteiger charge is -2.22. The second-order valence-corrected chi connectivity index (χ2v) is 5.40. The number of nitrogens with zero attached hydrogens (tertiary/aromatic N) is 1. The Hall–Kier alpha value is -0.900. The van der Waals surface area contributed by atoms with Gasteiger partial charge in [-0.3, -0.25) is 0 Å². The molecule has 3 nitrogen and oxygen atoms in total. The zero-order valence-electron chi connectivity index (χ0n) is 9.70. The predicted molar refractivity (Wildman–Crippen MR) is 66.9 cm³/mol. The van der Waals surface area contributed by atoms with E-state index in [1.54, 1.807) is 7.11 Å². The van der Waals surface area contributed by atoms with E-state index in [1.807, 2.05) is 30.0 Å². The van der Waals surface area contributed by atoms with Gasteiger partial charge in [0, 0.05) is 17.4 Å². The van der Waals surface area contributed by atoms with E-state index in [9.17, 15) is 0 Å². The highest BCUT2D eigenvalue weighted by atomic mass is 32.2. The topological polar surface area (TPSA) is 34.1 Å². The highest BCUT2D eigenvalue weighted by Gasteiger charge is 2.15. The van der Waals surface area contributed by atoms with Gasteiger partial charge < -0.3 is 10.1 Å². The molecule has 0 aliphatic rings. The van der Waals surface area contributed by atoms with Crippen LogP contribution in [0.3, 0.4) is 0 Å². The Kier molecular flexibility index (Phi) is 4.27. The average Bonchev–Trinajstić information content (AvgIpc) is 2.27. The number of hydrogen-bond acceptors (Lipinski definition) is 4. The van der Waals surface area contributed by atoms with E-state index in [0.29, 0.717) is 5.88 Å². The van der Waals surface area contributed by atoms with Gasteiger partial charge in [-0.2, -0.15) is 16.7 Å². The van der Waals surface area contributed by atoms with Crippen LogP contribution in [-0.4, -0.2) is 29.6 Å². The molecule has 4 heteroatoms. The van der Waals surface area contributed by atoms with Crippen molar-refractivity contribution in [1.82, 2.24) is 4.98 Å². The molecule has 0 aromatic carbocycles. The molecule has 0 saturated heterocycles. The molecule has 1 rings (SSSR count). The first kappa shape index (κ1) is 12.2. The van der Waals surface area contributed by atoms with Crippen molar-refractivity contribution in [2.45, 2.75) is 18.6 Å². The van der Waals surface area contributed by atoms with Crippen LogP contribution in [0.1, 0.15) is 13.8 Å². The van der Waals surface area contributed by atoms with Crippen molar-refractivity contribution in [3.63, 3.8) is 0 Å². The molecule has 15 heavy (non-hydrogen) atoms. The summed E-state index contributed by atoms with van der Waals surface area (Å²) in [4.78, 5) is 4.29. The maximum Gasteiger partial charge on any atom is 0.214 e. The second kappa shape index (κ2) is 5.26. The van der Waals surface area contributed by atoms with Gasteiger partial charge in [0.1, 0.15) is 5.82 Å². The maximum atomic E-state index is 5.06. The third-order valence-electron chi connectivity index (χ3n) is 2.18. The van der Waals surface area contributed by atoms with Crippen molar-refractivity contribution < 1.29 is 4.74 Å². The molecule has 1 aromatic rings. The van der Waals surface area contributed by atoms with Crippen molar-refractivity contribution in [2.24, 2.45) is 0 Å². The van der Waals surface area contributed by atoms with Gasteiger partial charge in [0.2, 0.25) is 5.88 Å².